The van der Waals surface area contributed by atoms with E-state index in [2.05, 4.69) is 29.6 Å². The van der Waals surface area contributed by atoms with Crippen LogP contribution in [0.15, 0.2) is 48.5 Å². The Morgan fingerprint density at radius 1 is 1.04 bits per heavy atom. The van der Waals surface area contributed by atoms with Gasteiger partial charge in [-0.15, -0.1) is 0 Å². The van der Waals surface area contributed by atoms with E-state index in [1.54, 1.807) is 0 Å². The molecule has 2 aliphatic carbocycles. The Kier molecular flexibility index (Phi) is 3.49. The molecule has 1 amide bonds. The number of carbonyl (C=O) groups excluding carboxylic acids is 1. The summed E-state index contributed by atoms with van der Waals surface area (Å²) in [7, 11) is 0. The van der Waals surface area contributed by atoms with Crippen LogP contribution in [0.5, 0.6) is 0 Å². The highest BCUT2D eigenvalue weighted by Crippen LogP contribution is 2.44. The topological polar surface area (TPSA) is 75.6 Å². The van der Waals surface area contributed by atoms with E-state index in [-0.39, 0.29) is 18.6 Å². The monoisotopic (exact) mass is 323 g/mol. The molecular formula is C19H17NO4. The Morgan fingerprint density at radius 2 is 1.62 bits per heavy atom. The Labute approximate surface area is 139 Å². The smallest absolute Gasteiger partial charge is 0.407 e. The number of amides is 1. The molecule has 24 heavy (non-hydrogen) atoms. The molecule has 2 atom stereocenters. The first-order chi connectivity index (χ1) is 11.6. The fourth-order valence-corrected chi connectivity index (χ4v) is 3.42. The first-order valence-corrected chi connectivity index (χ1v) is 7.99. The van der Waals surface area contributed by atoms with Crippen LogP contribution in [0.2, 0.25) is 0 Å². The quantitative estimate of drug-likeness (QED) is 0.907. The second kappa shape index (κ2) is 5.67. The van der Waals surface area contributed by atoms with Gasteiger partial charge in [-0.25, -0.2) is 4.79 Å². The van der Waals surface area contributed by atoms with E-state index in [0.717, 1.165) is 11.1 Å². The second-order valence-corrected chi connectivity index (χ2v) is 6.26. The number of ether oxygens (including phenoxy) is 1. The highest BCUT2D eigenvalue weighted by molar-refractivity contribution is 5.79. The van der Waals surface area contributed by atoms with E-state index in [1.807, 2.05) is 24.3 Å². The number of alkyl carbamates (subject to hydrolysis) is 1. The lowest BCUT2D eigenvalue weighted by Gasteiger charge is -2.14. The Hall–Kier alpha value is -2.82. The van der Waals surface area contributed by atoms with Gasteiger partial charge < -0.3 is 15.2 Å². The molecule has 1 fully saturated rings. The van der Waals surface area contributed by atoms with Crippen molar-refractivity contribution in [2.75, 3.05) is 6.61 Å². The van der Waals surface area contributed by atoms with Crippen LogP contribution < -0.4 is 5.32 Å². The van der Waals surface area contributed by atoms with Crippen LogP contribution in [0.4, 0.5) is 4.79 Å². The molecule has 0 unspecified atom stereocenters. The van der Waals surface area contributed by atoms with Crippen LogP contribution in [0.1, 0.15) is 23.5 Å². The lowest BCUT2D eigenvalue weighted by Crippen LogP contribution is -2.30. The predicted octanol–water partition coefficient (Wildman–Crippen LogP) is 3.00. The number of benzene rings is 2. The minimum absolute atomic E-state index is 0.0117. The second-order valence-electron chi connectivity index (χ2n) is 6.26. The predicted molar refractivity (Wildman–Crippen MR) is 87.7 cm³/mol. The molecular weight excluding hydrogens is 306 g/mol. The van der Waals surface area contributed by atoms with Crippen molar-refractivity contribution in [1.29, 1.82) is 0 Å². The maximum Gasteiger partial charge on any atom is 0.407 e. The maximum atomic E-state index is 11.9. The van der Waals surface area contributed by atoms with Gasteiger partial charge in [-0.05, 0) is 28.7 Å². The summed E-state index contributed by atoms with van der Waals surface area (Å²) in [4.78, 5) is 22.7. The van der Waals surface area contributed by atoms with Gasteiger partial charge >= 0.3 is 12.1 Å². The van der Waals surface area contributed by atoms with Crippen molar-refractivity contribution in [3.05, 3.63) is 59.7 Å². The maximum absolute atomic E-state index is 11.9. The molecule has 2 N–H and O–H groups in total. The van der Waals surface area contributed by atoms with Gasteiger partial charge in [0.2, 0.25) is 0 Å². The number of nitrogens with one attached hydrogen (secondary N) is 1. The summed E-state index contributed by atoms with van der Waals surface area (Å²) >= 11 is 0. The highest BCUT2D eigenvalue weighted by Gasteiger charge is 2.44. The van der Waals surface area contributed by atoms with Crippen molar-refractivity contribution in [1.82, 2.24) is 5.32 Å². The summed E-state index contributed by atoms with van der Waals surface area (Å²) in [6, 6.07) is 15.9. The number of carbonyl (C=O) groups is 2. The molecule has 0 spiro atoms. The first-order valence-electron chi connectivity index (χ1n) is 7.99. The normalized spacial score (nSPS) is 20.8. The van der Waals surface area contributed by atoms with Crippen LogP contribution in [-0.4, -0.2) is 29.8 Å². The average Bonchev–Trinajstić information content (AvgIpc) is 3.28. The van der Waals surface area contributed by atoms with Gasteiger partial charge in [-0.3, -0.25) is 4.79 Å². The number of hydrogen-bond acceptors (Lipinski definition) is 3. The fraction of sp³-hybridized carbons (Fsp3) is 0.263. The summed E-state index contributed by atoms with van der Waals surface area (Å²) in [5, 5.41) is 11.5. The van der Waals surface area contributed by atoms with Gasteiger partial charge in [-0.2, -0.15) is 0 Å². The molecule has 0 radical (unpaired) electrons. The molecule has 122 valence electrons. The molecule has 0 heterocycles. The number of rotatable bonds is 4. The molecule has 5 heteroatoms. The number of fused-ring (bicyclic) bond motifs is 3. The Morgan fingerprint density at radius 3 is 2.17 bits per heavy atom. The third kappa shape index (κ3) is 2.52. The average molecular weight is 323 g/mol. The van der Waals surface area contributed by atoms with E-state index in [0.29, 0.717) is 6.42 Å². The number of hydrogen-bond donors (Lipinski definition) is 2. The van der Waals surface area contributed by atoms with Crippen LogP contribution in [0, 0.1) is 5.92 Å². The van der Waals surface area contributed by atoms with Gasteiger partial charge in [-0.1, -0.05) is 48.5 Å². The molecule has 0 bridgehead atoms. The molecule has 5 nitrogen and oxygen atoms in total. The van der Waals surface area contributed by atoms with Crippen molar-refractivity contribution < 1.29 is 19.4 Å². The fourth-order valence-electron chi connectivity index (χ4n) is 3.42. The minimum atomic E-state index is -0.876. The van der Waals surface area contributed by atoms with Gasteiger partial charge in [0.15, 0.2) is 0 Å². The molecule has 4 rings (SSSR count). The van der Waals surface area contributed by atoms with Crippen LogP contribution in [0.25, 0.3) is 11.1 Å². The zero-order valence-electron chi connectivity index (χ0n) is 12.9. The van der Waals surface area contributed by atoms with Crippen molar-refractivity contribution in [2.45, 2.75) is 18.4 Å². The van der Waals surface area contributed by atoms with Gasteiger partial charge in [0.05, 0.1) is 5.92 Å². The van der Waals surface area contributed by atoms with Crippen molar-refractivity contribution in [3.8, 4) is 11.1 Å². The van der Waals surface area contributed by atoms with Crippen molar-refractivity contribution in [3.63, 3.8) is 0 Å². The van der Waals surface area contributed by atoms with E-state index < -0.39 is 18.0 Å². The summed E-state index contributed by atoms with van der Waals surface area (Å²) < 4.78 is 5.38. The molecule has 1 saturated carbocycles. The lowest BCUT2D eigenvalue weighted by molar-refractivity contribution is -0.138. The summed E-state index contributed by atoms with van der Waals surface area (Å²) in [6.07, 6.45) is -0.0786. The Balaban J connectivity index is 1.45. The third-order valence-electron chi connectivity index (χ3n) is 4.75. The molecule has 2 aromatic carbocycles. The molecule has 0 aliphatic heterocycles. The number of carboxylic acids is 1. The minimum Gasteiger partial charge on any atom is -0.481 e. The SMILES string of the molecule is O=C(N[C@@H]1C[C@@H]1C(=O)O)OCC1c2ccccc2-c2ccccc21. The zero-order chi connectivity index (χ0) is 16.7. The van der Waals surface area contributed by atoms with E-state index in [9.17, 15) is 9.59 Å². The van der Waals surface area contributed by atoms with Crippen LogP contribution in [0.3, 0.4) is 0 Å². The van der Waals surface area contributed by atoms with Gasteiger partial charge in [0.1, 0.15) is 6.61 Å². The first kappa shape index (κ1) is 14.8. The summed E-state index contributed by atoms with van der Waals surface area (Å²) in [5.41, 5.74) is 4.66. The Bertz CT molecular complexity index is 771. The van der Waals surface area contributed by atoms with E-state index in [1.165, 1.54) is 11.1 Å². The standard InChI is InChI=1S/C19H17NO4/c21-18(22)15-9-17(15)20-19(23)24-10-16-13-7-3-1-5-11(13)12-6-2-4-8-14(12)16/h1-8,15-17H,9-10H2,(H,20,23)(H,21,22)/t15-,17+/m0/s1. The van der Waals surface area contributed by atoms with Crippen LogP contribution in [-0.2, 0) is 9.53 Å². The van der Waals surface area contributed by atoms with E-state index >= 15 is 0 Å². The van der Waals surface area contributed by atoms with Crippen molar-refractivity contribution in [2.24, 2.45) is 5.92 Å². The van der Waals surface area contributed by atoms with Gasteiger partial charge in [0.25, 0.3) is 0 Å². The van der Waals surface area contributed by atoms with Gasteiger partial charge in [0, 0.05) is 12.0 Å². The third-order valence-corrected chi connectivity index (χ3v) is 4.75. The number of aliphatic carboxylic acids is 1. The van der Waals surface area contributed by atoms with Crippen LogP contribution >= 0.6 is 0 Å². The molecule has 2 aromatic rings. The summed E-state index contributed by atoms with van der Waals surface area (Å²) in [6.45, 7) is 0.240. The molecule has 2 aliphatic rings. The van der Waals surface area contributed by atoms with E-state index in [4.69, 9.17) is 9.84 Å². The number of carboxylic acid groups (broad SMARTS) is 1. The molecule has 0 saturated heterocycles. The van der Waals surface area contributed by atoms with Crippen molar-refractivity contribution >= 4 is 12.1 Å². The zero-order valence-corrected chi connectivity index (χ0v) is 12.9. The largest absolute Gasteiger partial charge is 0.481 e. The summed E-state index contributed by atoms with van der Waals surface area (Å²) in [5.74, 6) is -1.35. The molecule has 0 aromatic heterocycles. The lowest BCUT2D eigenvalue weighted by atomic mass is 9.98. The highest BCUT2D eigenvalue weighted by atomic mass is 16.5.